The fourth-order valence-electron chi connectivity index (χ4n) is 3.43. The van der Waals surface area contributed by atoms with Crippen LogP contribution < -0.4 is 10.6 Å². The molecular weight excluding hydrogens is 368 g/mol. The predicted octanol–water partition coefficient (Wildman–Crippen LogP) is 2.76. The van der Waals surface area contributed by atoms with Crippen LogP contribution in [0.15, 0.2) is 60.8 Å². The molecule has 0 saturated carbocycles. The molecule has 0 radical (unpaired) electrons. The van der Waals surface area contributed by atoms with Crippen molar-refractivity contribution in [3.05, 3.63) is 66.4 Å². The number of amides is 3. The van der Waals surface area contributed by atoms with E-state index < -0.39 is 6.04 Å². The highest BCUT2D eigenvalue weighted by Crippen LogP contribution is 2.18. The van der Waals surface area contributed by atoms with Crippen LogP contribution in [0.2, 0.25) is 0 Å². The number of nitrogens with one attached hydrogen (secondary N) is 3. The number of H-pyrrole nitrogens is 1. The van der Waals surface area contributed by atoms with E-state index >= 15 is 0 Å². The molecule has 0 bridgehead atoms. The van der Waals surface area contributed by atoms with E-state index in [4.69, 9.17) is 4.74 Å². The van der Waals surface area contributed by atoms with Crippen LogP contribution in [0.3, 0.4) is 0 Å². The van der Waals surface area contributed by atoms with Crippen molar-refractivity contribution in [1.29, 1.82) is 0 Å². The highest BCUT2D eigenvalue weighted by atomic mass is 16.5. The van der Waals surface area contributed by atoms with Gasteiger partial charge in [-0.05, 0) is 29.8 Å². The van der Waals surface area contributed by atoms with Crippen molar-refractivity contribution in [2.45, 2.75) is 12.5 Å². The number of carbonyl (C=O) groups is 2. The summed E-state index contributed by atoms with van der Waals surface area (Å²) >= 11 is 0. The Labute approximate surface area is 169 Å². The molecule has 2 heterocycles. The van der Waals surface area contributed by atoms with Crippen LogP contribution in [0.1, 0.15) is 5.56 Å². The molecule has 29 heavy (non-hydrogen) atoms. The topological polar surface area (TPSA) is 86.5 Å². The Morgan fingerprint density at radius 1 is 1.07 bits per heavy atom. The normalized spacial score (nSPS) is 15.1. The van der Waals surface area contributed by atoms with Gasteiger partial charge in [0.15, 0.2) is 0 Å². The van der Waals surface area contributed by atoms with E-state index in [1.807, 2.05) is 60.8 Å². The standard InChI is InChI=1S/C22H24N4O3/c27-21(24-18-6-7-19-17(15-18)8-9-23-19)20(14-16-4-2-1-3-5-16)25-22(28)26-10-12-29-13-11-26/h1-9,15,20,23H,10-14H2,(H,24,27)(H,25,28)/t20-/m1/s1. The van der Waals surface area contributed by atoms with E-state index in [0.29, 0.717) is 38.4 Å². The van der Waals surface area contributed by atoms with Gasteiger partial charge in [-0.15, -0.1) is 0 Å². The smallest absolute Gasteiger partial charge is 0.318 e. The van der Waals surface area contributed by atoms with Crippen molar-refractivity contribution in [3.63, 3.8) is 0 Å². The molecule has 3 aromatic rings. The van der Waals surface area contributed by atoms with Gasteiger partial charge in [0.25, 0.3) is 0 Å². The number of carbonyl (C=O) groups excluding carboxylic acids is 2. The van der Waals surface area contributed by atoms with E-state index in [9.17, 15) is 9.59 Å². The van der Waals surface area contributed by atoms with Gasteiger partial charge >= 0.3 is 6.03 Å². The number of rotatable bonds is 5. The Bertz CT molecular complexity index is 980. The van der Waals surface area contributed by atoms with E-state index in [0.717, 1.165) is 16.5 Å². The van der Waals surface area contributed by atoms with Crippen LogP contribution >= 0.6 is 0 Å². The summed E-state index contributed by atoms with van der Waals surface area (Å²) in [5, 5.41) is 6.86. The maximum Gasteiger partial charge on any atom is 0.318 e. The van der Waals surface area contributed by atoms with E-state index in [2.05, 4.69) is 15.6 Å². The van der Waals surface area contributed by atoms with E-state index in [-0.39, 0.29) is 11.9 Å². The molecule has 3 N–H and O–H groups in total. The molecule has 7 nitrogen and oxygen atoms in total. The van der Waals surface area contributed by atoms with E-state index in [1.54, 1.807) is 4.90 Å². The molecule has 7 heteroatoms. The molecule has 1 aromatic heterocycles. The first-order valence-corrected chi connectivity index (χ1v) is 9.74. The number of nitrogens with zero attached hydrogens (tertiary/aromatic N) is 1. The fraction of sp³-hybridized carbons (Fsp3) is 0.273. The van der Waals surface area contributed by atoms with E-state index in [1.165, 1.54) is 0 Å². The molecule has 1 saturated heterocycles. The van der Waals surface area contributed by atoms with Crippen LogP contribution in [-0.2, 0) is 16.0 Å². The molecule has 0 aliphatic carbocycles. The lowest BCUT2D eigenvalue weighted by molar-refractivity contribution is -0.118. The van der Waals surface area contributed by atoms with Gasteiger partial charge in [0.1, 0.15) is 6.04 Å². The SMILES string of the molecule is O=C(Nc1ccc2[nH]ccc2c1)[C@@H](Cc1ccccc1)NC(=O)N1CCOCC1. The first kappa shape index (κ1) is 19.0. The van der Waals surface area contributed by atoms with Crippen molar-refractivity contribution >= 4 is 28.5 Å². The molecule has 1 aliphatic heterocycles. The Morgan fingerprint density at radius 2 is 1.86 bits per heavy atom. The molecule has 4 rings (SSSR count). The number of benzene rings is 2. The fourth-order valence-corrected chi connectivity index (χ4v) is 3.43. The summed E-state index contributed by atoms with van der Waals surface area (Å²) in [7, 11) is 0. The molecule has 150 valence electrons. The summed E-state index contributed by atoms with van der Waals surface area (Å²) < 4.78 is 5.30. The molecule has 1 atom stereocenters. The van der Waals surface area contributed by atoms with Crippen LogP contribution in [0.4, 0.5) is 10.5 Å². The van der Waals surface area contributed by atoms with Gasteiger partial charge in [-0.1, -0.05) is 30.3 Å². The van der Waals surface area contributed by atoms with Gasteiger partial charge in [-0.2, -0.15) is 0 Å². The quantitative estimate of drug-likeness (QED) is 0.624. The zero-order valence-electron chi connectivity index (χ0n) is 16.1. The molecule has 1 aliphatic rings. The van der Waals surface area contributed by atoms with Gasteiger partial charge in [0.05, 0.1) is 13.2 Å². The first-order valence-electron chi connectivity index (χ1n) is 9.74. The van der Waals surface area contributed by atoms with Crippen LogP contribution in [0.25, 0.3) is 10.9 Å². The van der Waals surface area contributed by atoms with Gasteiger partial charge in [-0.3, -0.25) is 4.79 Å². The largest absolute Gasteiger partial charge is 0.378 e. The number of hydrogen-bond acceptors (Lipinski definition) is 3. The molecule has 2 aromatic carbocycles. The highest BCUT2D eigenvalue weighted by molar-refractivity contribution is 5.98. The zero-order chi connectivity index (χ0) is 20.1. The summed E-state index contributed by atoms with van der Waals surface area (Å²) in [5.74, 6) is -0.245. The second-order valence-corrected chi connectivity index (χ2v) is 7.06. The average Bonchev–Trinajstić information content (AvgIpc) is 3.22. The van der Waals surface area contributed by atoms with Crippen molar-refractivity contribution in [2.75, 3.05) is 31.6 Å². The summed E-state index contributed by atoms with van der Waals surface area (Å²) in [6, 6.07) is 16.4. The lowest BCUT2D eigenvalue weighted by Crippen LogP contribution is -2.53. The number of aromatic nitrogens is 1. The summed E-state index contributed by atoms with van der Waals surface area (Å²) in [6.45, 7) is 2.07. The van der Waals surface area contributed by atoms with Crippen LogP contribution in [0, 0.1) is 0 Å². The third-order valence-electron chi connectivity index (χ3n) is 5.02. The van der Waals surface area contributed by atoms with Crippen molar-refractivity contribution < 1.29 is 14.3 Å². The monoisotopic (exact) mass is 392 g/mol. The van der Waals surface area contributed by atoms with Crippen LogP contribution in [-0.4, -0.2) is 54.2 Å². The van der Waals surface area contributed by atoms with Crippen molar-refractivity contribution in [3.8, 4) is 0 Å². The molecule has 1 fully saturated rings. The number of hydrogen-bond donors (Lipinski definition) is 3. The minimum Gasteiger partial charge on any atom is -0.378 e. The number of anilines is 1. The minimum absolute atomic E-state index is 0.245. The van der Waals surface area contributed by atoms with Gasteiger partial charge in [-0.25, -0.2) is 4.79 Å². The highest BCUT2D eigenvalue weighted by Gasteiger charge is 2.25. The zero-order valence-corrected chi connectivity index (χ0v) is 16.1. The van der Waals surface area contributed by atoms with Gasteiger partial charge < -0.3 is 25.3 Å². The lowest BCUT2D eigenvalue weighted by atomic mass is 10.1. The predicted molar refractivity (Wildman–Crippen MR) is 112 cm³/mol. The number of fused-ring (bicyclic) bond motifs is 1. The molecule has 3 amide bonds. The van der Waals surface area contributed by atoms with Crippen molar-refractivity contribution in [2.24, 2.45) is 0 Å². The molecular formula is C22H24N4O3. The van der Waals surface area contributed by atoms with Crippen LogP contribution in [0.5, 0.6) is 0 Å². The third-order valence-corrected chi connectivity index (χ3v) is 5.02. The Balaban J connectivity index is 1.49. The van der Waals surface area contributed by atoms with Gasteiger partial charge in [0, 0.05) is 42.3 Å². The van der Waals surface area contributed by atoms with Gasteiger partial charge in [0.2, 0.25) is 5.91 Å². The summed E-state index contributed by atoms with van der Waals surface area (Å²) in [5.41, 5.74) is 2.68. The lowest BCUT2D eigenvalue weighted by Gasteiger charge is -2.29. The maximum absolute atomic E-state index is 13.0. The Morgan fingerprint density at radius 3 is 2.66 bits per heavy atom. The number of ether oxygens (including phenoxy) is 1. The molecule has 0 spiro atoms. The summed E-state index contributed by atoms with van der Waals surface area (Å²) in [4.78, 5) is 30.5. The average molecular weight is 392 g/mol. The second-order valence-electron chi connectivity index (χ2n) is 7.06. The number of aromatic amines is 1. The number of urea groups is 1. The maximum atomic E-state index is 13.0. The third kappa shape index (κ3) is 4.75. The first-order chi connectivity index (χ1) is 14.2. The number of morpholine rings is 1. The minimum atomic E-state index is -0.685. The summed E-state index contributed by atoms with van der Waals surface area (Å²) in [6.07, 6.45) is 2.27. The Hall–Kier alpha value is -3.32. The molecule has 0 unspecified atom stereocenters. The second kappa shape index (κ2) is 8.79. The van der Waals surface area contributed by atoms with Crippen molar-refractivity contribution in [1.82, 2.24) is 15.2 Å². The Kier molecular flexibility index (Phi) is 5.76.